The molecule has 0 aliphatic carbocycles. The summed E-state index contributed by atoms with van der Waals surface area (Å²) in [5, 5.41) is 10.5. The summed E-state index contributed by atoms with van der Waals surface area (Å²) in [7, 11) is 1.30. The number of carbonyl (C=O) groups is 2. The molecule has 3 rings (SSSR count). The SMILES string of the molecule is COC(=O)c1cc(NC(=O)c2nnn(-c3ccc(F)c(Cl)c3)c2C)cc(C)c1C. The summed E-state index contributed by atoms with van der Waals surface area (Å²) in [4.78, 5) is 24.7. The van der Waals surface area contributed by atoms with Gasteiger partial charge in [-0.2, -0.15) is 0 Å². The molecule has 0 spiro atoms. The minimum absolute atomic E-state index is 0.0612. The van der Waals surface area contributed by atoms with Gasteiger partial charge < -0.3 is 10.1 Å². The van der Waals surface area contributed by atoms with Crippen LogP contribution < -0.4 is 5.32 Å². The smallest absolute Gasteiger partial charge is 0.338 e. The molecular weight excluding hydrogens is 399 g/mol. The Hall–Kier alpha value is -3.26. The predicted molar refractivity (Wildman–Crippen MR) is 106 cm³/mol. The first kappa shape index (κ1) is 20.5. The maximum atomic E-state index is 13.4. The molecule has 1 amide bonds. The normalized spacial score (nSPS) is 10.7. The van der Waals surface area contributed by atoms with Gasteiger partial charge in [-0.1, -0.05) is 16.8 Å². The van der Waals surface area contributed by atoms with E-state index in [1.807, 2.05) is 6.92 Å². The van der Waals surface area contributed by atoms with Crippen LogP contribution in [0.4, 0.5) is 10.1 Å². The molecule has 3 aromatic rings. The fourth-order valence-corrected chi connectivity index (χ4v) is 3.02. The Morgan fingerprint density at radius 2 is 1.90 bits per heavy atom. The second kappa shape index (κ2) is 8.00. The summed E-state index contributed by atoms with van der Waals surface area (Å²) in [6, 6.07) is 7.38. The Bertz CT molecular complexity index is 1130. The largest absolute Gasteiger partial charge is 0.465 e. The molecule has 0 radical (unpaired) electrons. The van der Waals surface area contributed by atoms with Gasteiger partial charge in [-0.05, 0) is 62.2 Å². The van der Waals surface area contributed by atoms with Gasteiger partial charge in [0.05, 0.1) is 29.1 Å². The number of anilines is 1. The number of benzene rings is 2. The van der Waals surface area contributed by atoms with Crippen LogP contribution >= 0.6 is 11.6 Å². The van der Waals surface area contributed by atoms with Crippen molar-refractivity contribution in [3.05, 3.63) is 69.2 Å². The molecule has 1 N–H and O–H groups in total. The van der Waals surface area contributed by atoms with E-state index < -0.39 is 17.7 Å². The van der Waals surface area contributed by atoms with Crippen LogP contribution in [0.3, 0.4) is 0 Å². The molecule has 150 valence electrons. The van der Waals surface area contributed by atoms with Crippen LogP contribution in [0.15, 0.2) is 30.3 Å². The van der Waals surface area contributed by atoms with Crippen molar-refractivity contribution >= 4 is 29.2 Å². The molecule has 0 aliphatic heterocycles. The average Bonchev–Trinajstić information content (AvgIpc) is 3.07. The van der Waals surface area contributed by atoms with Gasteiger partial charge in [0.15, 0.2) is 5.69 Å². The molecule has 0 saturated carbocycles. The highest BCUT2D eigenvalue weighted by molar-refractivity contribution is 6.30. The molecule has 0 bridgehead atoms. The number of rotatable bonds is 4. The highest BCUT2D eigenvalue weighted by Crippen LogP contribution is 2.23. The number of aryl methyl sites for hydroxylation is 1. The Morgan fingerprint density at radius 3 is 2.55 bits per heavy atom. The van der Waals surface area contributed by atoms with E-state index in [-0.39, 0.29) is 10.7 Å². The van der Waals surface area contributed by atoms with Gasteiger partial charge in [0, 0.05) is 5.69 Å². The summed E-state index contributed by atoms with van der Waals surface area (Å²) in [6.07, 6.45) is 0. The van der Waals surface area contributed by atoms with Crippen molar-refractivity contribution in [2.75, 3.05) is 12.4 Å². The van der Waals surface area contributed by atoms with Crippen molar-refractivity contribution in [1.82, 2.24) is 15.0 Å². The molecule has 0 atom stereocenters. The van der Waals surface area contributed by atoms with Crippen LogP contribution in [-0.4, -0.2) is 34.0 Å². The van der Waals surface area contributed by atoms with E-state index in [0.29, 0.717) is 22.6 Å². The van der Waals surface area contributed by atoms with Crippen molar-refractivity contribution in [1.29, 1.82) is 0 Å². The van der Waals surface area contributed by atoms with Gasteiger partial charge in [-0.3, -0.25) is 4.79 Å². The number of aromatic nitrogens is 3. The number of nitrogens with one attached hydrogen (secondary N) is 1. The zero-order valence-electron chi connectivity index (χ0n) is 16.2. The third-order valence-electron chi connectivity index (χ3n) is 4.59. The van der Waals surface area contributed by atoms with Crippen LogP contribution in [0.2, 0.25) is 5.02 Å². The molecule has 7 nitrogen and oxygen atoms in total. The third kappa shape index (κ3) is 3.97. The van der Waals surface area contributed by atoms with E-state index in [9.17, 15) is 14.0 Å². The third-order valence-corrected chi connectivity index (χ3v) is 4.88. The molecule has 29 heavy (non-hydrogen) atoms. The lowest BCUT2D eigenvalue weighted by Crippen LogP contribution is -2.15. The van der Waals surface area contributed by atoms with Gasteiger partial charge in [0.1, 0.15) is 5.82 Å². The average molecular weight is 417 g/mol. The molecule has 9 heteroatoms. The summed E-state index contributed by atoms with van der Waals surface area (Å²) in [6.45, 7) is 5.29. The fraction of sp³-hybridized carbons (Fsp3) is 0.200. The predicted octanol–water partition coefficient (Wildman–Crippen LogP) is 4.02. The Kier molecular flexibility index (Phi) is 5.65. The number of hydrogen-bond acceptors (Lipinski definition) is 5. The summed E-state index contributed by atoms with van der Waals surface area (Å²) in [5.74, 6) is -1.54. The van der Waals surface area contributed by atoms with Crippen LogP contribution in [0.5, 0.6) is 0 Å². The van der Waals surface area contributed by atoms with E-state index in [1.54, 1.807) is 26.0 Å². The van der Waals surface area contributed by atoms with Crippen molar-refractivity contribution < 1.29 is 18.7 Å². The Morgan fingerprint density at radius 1 is 1.17 bits per heavy atom. The van der Waals surface area contributed by atoms with E-state index in [4.69, 9.17) is 16.3 Å². The summed E-state index contributed by atoms with van der Waals surface area (Å²) < 4.78 is 19.6. The quantitative estimate of drug-likeness (QED) is 0.649. The number of carbonyl (C=O) groups excluding carboxylic acids is 2. The zero-order valence-corrected chi connectivity index (χ0v) is 17.0. The second-order valence-electron chi connectivity index (χ2n) is 6.45. The number of ether oxygens (including phenoxy) is 1. The Balaban J connectivity index is 1.91. The number of halogens is 2. The highest BCUT2D eigenvalue weighted by Gasteiger charge is 2.20. The molecule has 2 aromatic carbocycles. The van der Waals surface area contributed by atoms with Crippen LogP contribution in [0, 0.1) is 26.6 Å². The van der Waals surface area contributed by atoms with Crippen molar-refractivity contribution in [2.45, 2.75) is 20.8 Å². The minimum Gasteiger partial charge on any atom is -0.465 e. The number of methoxy groups -OCH3 is 1. The minimum atomic E-state index is -0.553. The standard InChI is InChI=1S/C20H18ClFN4O3/c1-10-7-13(8-15(11(10)2)20(28)29-4)23-19(27)18-12(3)26(25-24-18)14-5-6-17(22)16(21)9-14/h5-9H,1-4H3,(H,23,27). The van der Waals surface area contributed by atoms with E-state index in [0.717, 1.165) is 11.1 Å². The monoisotopic (exact) mass is 416 g/mol. The van der Waals surface area contributed by atoms with Gasteiger partial charge in [-0.15, -0.1) is 5.10 Å². The molecule has 0 aliphatic rings. The lowest BCUT2D eigenvalue weighted by molar-refractivity contribution is 0.0599. The van der Waals surface area contributed by atoms with Crippen molar-refractivity contribution in [2.24, 2.45) is 0 Å². The van der Waals surface area contributed by atoms with Crippen LogP contribution in [0.1, 0.15) is 37.7 Å². The molecule has 0 fully saturated rings. The lowest BCUT2D eigenvalue weighted by Gasteiger charge is -2.11. The number of hydrogen-bond donors (Lipinski definition) is 1. The maximum absolute atomic E-state index is 13.4. The van der Waals surface area contributed by atoms with E-state index in [1.165, 1.54) is 30.0 Å². The van der Waals surface area contributed by atoms with Crippen LogP contribution in [-0.2, 0) is 4.74 Å². The zero-order chi connectivity index (χ0) is 21.3. The number of amides is 1. The van der Waals surface area contributed by atoms with E-state index in [2.05, 4.69) is 15.6 Å². The van der Waals surface area contributed by atoms with E-state index >= 15 is 0 Å². The van der Waals surface area contributed by atoms with Gasteiger partial charge in [0.2, 0.25) is 0 Å². The van der Waals surface area contributed by atoms with Gasteiger partial charge in [0.25, 0.3) is 5.91 Å². The number of nitrogens with zero attached hydrogens (tertiary/aromatic N) is 3. The maximum Gasteiger partial charge on any atom is 0.338 e. The topological polar surface area (TPSA) is 86.1 Å². The fourth-order valence-electron chi connectivity index (χ4n) is 2.84. The molecule has 1 heterocycles. The van der Waals surface area contributed by atoms with Gasteiger partial charge in [-0.25, -0.2) is 13.9 Å². The van der Waals surface area contributed by atoms with Crippen LogP contribution in [0.25, 0.3) is 5.69 Å². The second-order valence-corrected chi connectivity index (χ2v) is 6.85. The first-order valence-electron chi connectivity index (χ1n) is 8.61. The molecular formula is C20H18ClFN4O3. The molecule has 1 aromatic heterocycles. The van der Waals surface area contributed by atoms with Gasteiger partial charge >= 0.3 is 5.97 Å². The molecule has 0 unspecified atom stereocenters. The summed E-state index contributed by atoms with van der Waals surface area (Å²) in [5.41, 5.74) is 3.39. The van der Waals surface area contributed by atoms with Crippen molar-refractivity contribution in [3.8, 4) is 5.69 Å². The highest BCUT2D eigenvalue weighted by atomic mass is 35.5. The number of esters is 1. The summed E-state index contributed by atoms with van der Waals surface area (Å²) >= 11 is 5.82. The lowest BCUT2D eigenvalue weighted by atomic mass is 10.0. The first-order valence-corrected chi connectivity index (χ1v) is 8.99. The first-order chi connectivity index (χ1) is 13.7. The Labute approximate surface area is 171 Å². The van der Waals surface area contributed by atoms with Crippen molar-refractivity contribution in [3.63, 3.8) is 0 Å². The molecule has 0 saturated heterocycles.